The van der Waals surface area contributed by atoms with Crippen LogP contribution in [0.25, 0.3) is 10.6 Å². The molecule has 3 amide bonds. The summed E-state index contributed by atoms with van der Waals surface area (Å²) >= 11 is 1.53. The predicted molar refractivity (Wildman–Crippen MR) is 70.6 cm³/mol. The van der Waals surface area contributed by atoms with Crippen LogP contribution in [0, 0.1) is 6.92 Å². The quantitative estimate of drug-likeness (QED) is 0.675. The minimum Gasteiger partial charge on any atom is -0.365 e. The van der Waals surface area contributed by atoms with Gasteiger partial charge in [0.15, 0.2) is 0 Å². The Morgan fingerprint density at radius 3 is 2.61 bits per heavy atom. The summed E-state index contributed by atoms with van der Waals surface area (Å²) in [5.74, 6) is -0.409. The fraction of sp³-hybridized carbons (Fsp3) is 0.0909. The largest absolute Gasteiger partial charge is 0.365 e. The molecule has 0 radical (unpaired) electrons. The number of carbonyl (C=O) groups is 2. The van der Waals surface area contributed by atoms with Crippen LogP contribution in [0.15, 0.2) is 17.5 Å². The summed E-state index contributed by atoms with van der Waals surface area (Å²) in [6.45, 7) is 1.96. The number of primary amides is 2. The standard InChI is InChI=1S/C11H12N4O2S/c1-5-2-3-18-8(5)7-4-6(9(12)16)10(14-7)15-11(13)17/h2-4,14H,1H3,(H2,12,16)(H3,13,15,17). The third kappa shape index (κ3) is 2.21. The number of urea groups is 1. The minimum absolute atomic E-state index is 0.205. The van der Waals surface area contributed by atoms with E-state index in [4.69, 9.17) is 11.5 Å². The van der Waals surface area contributed by atoms with Gasteiger partial charge in [-0.25, -0.2) is 4.79 Å². The zero-order chi connectivity index (χ0) is 13.3. The number of aromatic nitrogens is 1. The molecule has 0 spiro atoms. The number of aryl methyl sites for hydroxylation is 1. The molecule has 6 N–H and O–H groups in total. The molecule has 0 atom stereocenters. The highest BCUT2D eigenvalue weighted by Crippen LogP contribution is 2.31. The SMILES string of the molecule is Cc1ccsc1-c1cc(C(N)=O)c(NC(N)=O)[nH]1. The molecular formula is C11H12N4O2S. The van der Waals surface area contributed by atoms with Crippen molar-refractivity contribution < 1.29 is 9.59 Å². The van der Waals surface area contributed by atoms with Crippen LogP contribution < -0.4 is 16.8 Å². The van der Waals surface area contributed by atoms with Crippen molar-refractivity contribution in [1.82, 2.24) is 4.98 Å². The molecule has 0 saturated carbocycles. The number of carbonyl (C=O) groups excluding carboxylic acids is 2. The first-order chi connectivity index (χ1) is 8.49. The van der Waals surface area contributed by atoms with Gasteiger partial charge in [-0.05, 0) is 30.0 Å². The molecule has 2 heterocycles. The number of H-pyrrole nitrogens is 1. The molecule has 0 saturated heterocycles. The van der Waals surface area contributed by atoms with Crippen LogP contribution in [0.1, 0.15) is 15.9 Å². The Kier molecular flexibility index (Phi) is 3.07. The van der Waals surface area contributed by atoms with E-state index in [2.05, 4.69) is 10.3 Å². The first kappa shape index (κ1) is 12.2. The van der Waals surface area contributed by atoms with E-state index in [9.17, 15) is 9.59 Å². The predicted octanol–water partition coefficient (Wildman–Crippen LogP) is 1.64. The zero-order valence-corrected chi connectivity index (χ0v) is 10.4. The Morgan fingerprint density at radius 2 is 2.11 bits per heavy atom. The van der Waals surface area contributed by atoms with E-state index in [0.29, 0.717) is 0 Å². The Morgan fingerprint density at radius 1 is 1.39 bits per heavy atom. The third-order valence-electron chi connectivity index (χ3n) is 2.44. The summed E-state index contributed by atoms with van der Waals surface area (Å²) in [5, 5.41) is 4.28. The number of nitrogens with two attached hydrogens (primary N) is 2. The lowest BCUT2D eigenvalue weighted by atomic mass is 10.2. The van der Waals surface area contributed by atoms with Gasteiger partial charge >= 0.3 is 6.03 Å². The maximum atomic E-state index is 11.3. The number of aromatic amines is 1. The van der Waals surface area contributed by atoms with E-state index in [0.717, 1.165) is 16.1 Å². The average molecular weight is 264 g/mol. The maximum Gasteiger partial charge on any atom is 0.317 e. The van der Waals surface area contributed by atoms with Gasteiger partial charge in [0, 0.05) is 0 Å². The number of thiophene rings is 1. The van der Waals surface area contributed by atoms with Crippen molar-refractivity contribution in [1.29, 1.82) is 0 Å². The fourth-order valence-corrected chi connectivity index (χ4v) is 2.54. The number of rotatable bonds is 3. The molecule has 2 aromatic rings. The Bertz CT molecular complexity index is 614. The fourth-order valence-electron chi connectivity index (χ4n) is 1.64. The molecule has 0 aliphatic heterocycles. The molecule has 0 unspecified atom stereocenters. The topological polar surface area (TPSA) is 114 Å². The van der Waals surface area contributed by atoms with Gasteiger partial charge < -0.3 is 16.5 Å². The monoisotopic (exact) mass is 264 g/mol. The van der Waals surface area contributed by atoms with E-state index in [1.54, 1.807) is 6.07 Å². The van der Waals surface area contributed by atoms with Crippen molar-refractivity contribution in [3.8, 4) is 10.6 Å². The van der Waals surface area contributed by atoms with Crippen LogP contribution in [0.5, 0.6) is 0 Å². The lowest BCUT2D eigenvalue weighted by Gasteiger charge is -2.00. The van der Waals surface area contributed by atoms with Crippen LogP contribution in [-0.4, -0.2) is 16.9 Å². The van der Waals surface area contributed by atoms with Gasteiger partial charge in [0.2, 0.25) is 0 Å². The summed E-state index contributed by atoms with van der Waals surface area (Å²) in [6.07, 6.45) is 0. The molecule has 0 bridgehead atoms. The van der Waals surface area contributed by atoms with Crippen LogP contribution >= 0.6 is 11.3 Å². The van der Waals surface area contributed by atoms with Crippen molar-refractivity contribution in [2.45, 2.75) is 6.92 Å². The summed E-state index contributed by atoms with van der Waals surface area (Å²) in [7, 11) is 0. The highest BCUT2D eigenvalue weighted by molar-refractivity contribution is 7.13. The number of hydrogen-bond acceptors (Lipinski definition) is 3. The van der Waals surface area contributed by atoms with Gasteiger partial charge in [-0.2, -0.15) is 0 Å². The van der Waals surface area contributed by atoms with Crippen molar-refractivity contribution >= 4 is 29.1 Å². The van der Waals surface area contributed by atoms with Crippen molar-refractivity contribution in [2.24, 2.45) is 11.5 Å². The molecule has 18 heavy (non-hydrogen) atoms. The summed E-state index contributed by atoms with van der Waals surface area (Å²) < 4.78 is 0. The summed E-state index contributed by atoms with van der Waals surface area (Å²) in [4.78, 5) is 26.0. The van der Waals surface area contributed by atoms with Crippen LogP contribution in [0.3, 0.4) is 0 Å². The molecule has 94 valence electrons. The van der Waals surface area contributed by atoms with Gasteiger partial charge in [0.25, 0.3) is 5.91 Å². The average Bonchev–Trinajstić information content (AvgIpc) is 2.83. The van der Waals surface area contributed by atoms with E-state index in [1.165, 1.54) is 11.3 Å². The van der Waals surface area contributed by atoms with Crippen molar-refractivity contribution in [2.75, 3.05) is 5.32 Å². The van der Waals surface area contributed by atoms with E-state index >= 15 is 0 Å². The maximum absolute atomic E-state index is 11.3. The zero-order valence-electron chi connectivity index (χ0n) is 9.61. The summed E-state index contributed by atoms with van der Waals surface area (Å²) in [5.41, 5.74) is 12.3. The third-order valence-corrected chi connectivity index (χ3v) is 3.49. The number of hydrogen-bond donors (Lipinski definition) is 4. The van der Waals surface area contributed by atoms with Gasteiger partial charge in [-0.1, -0.05) is 0 Å². The Labute approximate surface area is 107 Å². The molecule has 0 aromatic carbocycles. The highest BCUT2D eigenvalue weighted by atomic mass is 32.1. The second kappa shape index (κ2) is 4.53. The van der Waals surface area contributed by atoms with Gasteiger partial charge in [-0.3, -0.25) is 10.1 Å². The Hall–Kier alpha value is -2.28. The van der Waals surface area contributed by atoms with Crippen LogP contribution in [0.2, 0.25) is 0 Å². The molecule has 0 aliphatic rings. The lowest BCUT2D eigenvalue weighted by molar-refractivity contribution is 0.100. The molecule has 7 heteroatoms. The van der Waals surface area contributed by atoms with Crippen molar-refractivity contribution in [3.63, 3.8) is 0 Å². The minimum atomic E-state index is -0.756. The second-order valence-corrected chi connectivity index (χ2v) is 4.67. The number of amides is 3. The van der Waals surface area contributed by atoms with E-state index in [-0.39, 0.29) is 11.4 Å². The van der Waals surface area contributed by atoms with Gasteiger partial charge in [-0.15, -0.1) is 11.3 Å². The molecule has 2 aromatic heterocycles. The lowest BCUT2D eigenvalue weighted by Crippen LogP contribution is -2.22. The highest BCUT2D eigenvalue weighted by Gasteiger charge is 2.16. The molecule has 2 rings (SSSR count). The van der Waals surface area contributed by atoms with Gasteiger partial charge in [0.05, 0.1) is 16.1 Å². The molecule has 0 fully saturated rings. The van der Waals surface area contributed by atoms with Crippen LogP contribution in [0.4, 0.5) is 10.6 Å². The number of nitrogens with one attached hydrogen (secondary N) is 2. The first-order valence-electron chi connectivity index (χ1n) is 5.12. The molecular weight excluding hydrogens is 252 g/mol. The summed E-state index contributed by atoms with van der Waals surface area (Å²) in [6, 6.07) is 2.81. The normalized spacial score (nSPS) is 10.3. The molecule has 6 nitrogen and oxygen atoms in total. The Balaban J connectivity index is 2.49. The van der Waals surface area contributed by atoms with Crippen molar-refractivity contribution in [3.05, 3.63) is 28.6 Å². The van der Waals surface area contributed by atoms with E-state index < -0.39 is 11.9 Å². The smallest absolute Gasteiger partial charge is 0.317 e. The first-order valence-corrected chi connectivity index (χ1v) is 6.00. The van der Waals surface area contributed by atoms with Gasteiger partial charge in [0.1, 0.15) is 5.82 Å². The van der Waals surface area contributed by atoms with Crippen LogP contribution in [-0.2, 0) is 0 Å². The second-order valence-electron chi connectivity index (χ2n) is 3.76. The number of anilines is 1. The molecule has 0 aliphatic carbocycles. The van der Waals surface area contributed by atoms with E-state index in [1.807, 2.05) is 18.4 Å².